The van der Waals surface area contributed by atoms with E-state index in [1.54, 1.807) is 6.20 Å². The molecule has 3 aromatic heterocycles. The van der Waals surface area contributed by atoms with Gasteiger partial charge in [-0.1, -0.05) is 115 Å². The SMILES string of the molecule is c1ccc(-c2cccc(-c3ccccc3)c2N2CN(c3cccc(Oc4ccnc(-n5c6ccccc6c6cccnc65)c4)c3)c3ccccc32)cc1. The maximum atomic E-state index is 6.58. The largest absolute Gasteiger partial charge is 0.457 e. The summed E-state index contributed by atoms with van der Waals surface area (Å²) in [6.07, 6.45) is 3.62. The highest BCUT2D eigenvalue weighted by molar-refractivity contribution is 6.07. The van der Waals surface area contributed by atoms with E-state index >= 15 is 0 Å². The molecule has 0 amide bonds. The van der Waals surface area contributed by atoms with E-state index < -0.39 is 0 Å². The van der Waals surface area contributed by atoms with Gasteiger partial charge >= 0.3 is 0 Å². The second-order valence-electron chi connectivity index (χ2n) is 13.1. The summed E-state index contributed by atoms with van der Waals surface area (Å²) in [6.45, 7) is 0.632. The van der Waals surface area contributed by atoms with Crippen molar-refractivity contribution in [3.05, 3.63) is 188 Å². The number of hydrogen-bond donors (Lipinski definition) is 0. The van der Waals surface area contributed by atoms with E-state index in [-0.39, 0.29) is 0 Å². The lowest BCUT2D eigenvalue weighted by molar-refractivity contribution is 0.481. The van der Waals surface area contributed by atoms with E-state index in [4.69, 9.17) is 14.7 Å². The Kier molecular flexibility index (Phi) is 7.43. The lowest BCUT2D eigenvalue weighted by atomic mass is 9.95. The lowest BCUT2D eigenvalue weighted by Gasteiger charge is -2.27. The molecule has 0 fully saturated rings. The quantitative estimate of drug-likeness (QED) is 0.167. The maximum absolute atomic E-state index is 6.58. The molecule has 0 unspecified atom stereocenters. The number of pyridine rings is 2. The molecule has 6 nitrogen and oxygen atoms in total. The third kappa shape index (κ3) is 5.36. The van der Waals surface area contributed by atoms with E-state index in [0.29, 0.717) is 12.4 Å². The first-order chi connectivity index (χ1) is 26.3. The van der Waals surface area contributed by atoms with Gasteiger partial charge < -0.3 is 14.5 Å². The van der Waals surface area contributed by atoms with Gasteiger partial charge in [0.15, 0.2) is 0 Å². The number of anilines is 4. The third-order valence-corrected chi connectivity index (χ3v) is 9.97. The molecule has 6 aromatic carbocycles. The monoisotopic (exact) mass is 683 g/mol. The molecule has 6 heteroatoms. The standard InChI is InChI=1S/C47H33N5O/c1-3-14-33(15-4-1)38-21-12-22-39(34-16-5-2-6-17-34)46(38)51-32-50(43-25-9-10-26-44(43)51)35-18-11-19-36(30-35)53-37-27-29-48-45(31-37)52-42-24-8-7-20-40(42)41-23-13-28-49-47(41)52/h1-31H,32H2. The topological polar surface area (TPSA) is 46.4 Å². The fraction of sp³-hybridized carbons (Fsp3) is 0.0213. The fourth-order valence-corrected chi connectivity index (χ4v) is 7.63. The Bertz CT molecular complexity index is 2650. The van der Waals surface area contributed by atoms with Crippen LogP contribution in [0.5, 0.6) is 11.5 Å². The molecule has 9 aromatic rings. The molecule has 0 atom stereocenters. The summed E-state index contributed by atoms with van der Waals surface area (Å²) in [5.41, 5.74) is 11.2. The Labute approximate surface area is 307 Å². The summed E-state index contributed by atoms with van der Waals surface area (Å²) < 4.78 is 8.68. The summed E-state index contributed by atoms with van der Waals surface area (Å²) >= 11 is 0. The molecule has 0 saturated carbocycles. The van der Waals surface area contributed by atoms with Crippen molar-refractivity contribution in [1.29, 1.82) is 0 Å². The van der Waals surface area contributed by atoms with Crippen LogP contribution in [-0.2, 0) is 0 Å². The zero-order valence-corrected chi connectivity index (χ0v) is 28.7. The Hall–Kier alpha value is -7.18. The first-order valence-electron chi connectivity index (χ1n) is 17.8. The third-order valence-electron chi connectivity index (χ3n) is 9.97. The number of para-hydroxylation sites is 4. The van der Waals surface area contributed by atoms with Crippen LogP contribution in [0.1, 0.15) is 0 Å². The fourth-order valence-electron chi connectivity index (χ4n) is 7.63. The predicted octanol–water partition coefficient (Wildman–Crippen LogP) is 11.9. The van der Waals surface area contributed by atoms with Gasteiger partial charge in [-0.3, -0.25) is 4.57 Å². The molecule has 1 aliphatic heterocycles. The summed E-state index contributed by atoms with van der Waals surface area (Å²) in [4.78, 5) is 14.3. The van der Waals surface area contributed by atoms with Gasteiger partial charge in [-0.2, -0.15) is 0 Å². The van der Waals surface area contributed by atoms with E-state index in [1.165, 1.54) is 27.9 Å². The van der Waals surface area contributed by atoms with Gasteiger partial charge in [0.2, 0.25) is 0 Å². The van der Waals surface area contributed by atoms with Gasteiger partial charge in [-0.05, 0) is 59.7 Å². The van der Waals surface area contributed by atoms with Crippen LogP contribution in [0.25, 0.3) is 50.0 Å². The smallest absolute Gasteiger partial charge is 0.146 e. The van der Waals surface area contributed by atoms with E-state index in [2.05, 4.69) is 160 Å². The minimum absolute atomic E-state index is 0.632. The molecule has 252 valence electrons. The normalized spacial score (nSPS) is 12.4. The van der Waals surface area contributed by atoms with Crippen LogP contribution in [0.3, 0.4) is 0 Å². The molecule has 10 rings (SSSR count). The van der Waals surface area contributed by atoms with Gasteiger partial charge in [-0.15, -0.1) is 0 Å². The summed E-state index contributed by atoms with van der Waals surface area (Å²) in [6, 6.07) is 61.2. The highest BCUT2D eigenvalue weighted by Gasteiger charge is 2.31. The zero-order chi connectivity index (χ0) is 35.1. The highest BCUT2D eigenvalue weighted by atomic mass is 16.5. The van der Waals surface area contributed by atoms with E-state index in [1.807, 2.05) is 36.5 Å². The minimum Gasteiger partial charge on any atom is -0.457 e. The number of hydrogen-bond acceptors (Lipinski definition) is 5. The second kappa shape index (κ2) is 12.9. The van der Waals surface area contributed by atoms with Crippen molar-refractivity contribution < 1.29 is 4.74 Å². The first-order valence-corrected chi connectivity index (χ1v) is 17.8. The maximum Gasteiger partial charge on any atom is 0.146 e. The number of ether oxygens (including phenoxy) is 1. The van der Waals surface area contributed by atoms with Gasteiger partial charge in [0, 0.05) is 52.1 Å². The van der Waals surface area contributed by atoms with Crippen LogP contribution in [-0.4, -0.2) is 21.2 Å². The van der Waals surface area contributed by atoms with Crippen LogP contribution >= 0.6 is 0 Å². The number of nitrogens with zero attached hydrogens (tertiary/aromatic N) is 5. The van der Waals surface area contributed by atoms with E-state index in [9.17, 15) is 0 Å². The van der Waals surface area contributed by atoms with Crippen LogP contribution < -0.4 is 14.5 Å². The molecular weight excluding hydrogens is 651 g/mol. The van der Waals surface area contributed by atoms with Crippen molar-refractivity contribution in [1.82, 2.24) is 14.5 Å². The van der Waals surface area contributed by atoms with Crippen LogP contribution in [0.2, 0.25) is 0 Å². The molecule has 53 heavy (non-hydrogen) atoms. The van der Waals surface area contributed by atoms with Crippen molar-refractivity contribution in [3.63, 3.8) is 0 Å². The summed E-state index contributed by atoms with van der Waals surface area (Å²) in [5, 5.41) is 2.23. The second-order valence-corrected chi connectivity index (χ2v) is 13.1. The Morgan fingerprint density at radius 3 is 1.89 bits per heavy atom. The lowest BCUT2D eigenvalue weighted by Crippen LogP contribution is -2.24. The number of fused-ring (bicyclic) bond motifs is 4. The van der Waals surface area contributed by atoms with E-state index in [0.717, 1.165) is 50.6 Å². The van der Waals surface area contributed by atoms with Gasteiger partial charge in [0.1, 0.15) is 29.6 Å². The van der Waals surface area contributed by atoms with Crippen LogP contribution in [0, 0.1) is 0 Å². The molecule has 0 N–H and O–H groups in total. The number of rotatable bonds is 7. The van der Waals surface area contributed by atoms with Crippen molar-refractivity contribution in [3.8, 4) is 39.6 Å². The molecule has 0 saturated heterocycles. The molecule has 0 spiro atoms. The number of benzene rings is 6. The van der Waals surface area contributed by atoms with Gasteiger partial charge in [0.25, 0.3) is 0 Å². The predicted molar refractivity (Wildman–Crippen MR) is 216 cm³/mol. The highest BCUT2D eigenvalue weighted by Crippen LogP contribution is 2.50. The summed E-state index contributed by atoms with van der Waals surface area (Å²) in [5.74, 6) is 2.19. The first kappa shape index (κ1) is 30.6. The average molecular weight is 684 g/mol. The molecule has 0 bridgehead atoms. The minimum atomic E-state index is 0.632. The Morgan fingerprint density at radius 1 is 0.472 bits per heavy atom. The Balaban J connectivity index is 1.02. The van der Waals surface area contributed by atoms with Crippen molar-refractivity contribution in [2.45, 2.75) is 0 Å². The molecule has 0 aliphatic carbocycles. The van der Waals surface area contributed by atoms with Crippen molar-refractivity contribution in [2.24, 2.45) is 0 Å². The van der Waals surface area contributed by atoms with Crippen LogP contribution in [0.4, 0.5) is 22.7 Å². The number of aromatic nitrogens is 3. The molecule has 0 radical (unpaired) electrons. The molecule has 1 aliphatic rings. The van der Waals surface area contributed by atoms with Crippen molar-refractivity contribution in [2.75, 3.05) is 16.5 Å². The molecule has 4 heterocycles. The zero-order valence-electron chi connectivity index (χ0n) is 28.7. The summed E-state index contributed by atoms with van der Waals surface area (Å²) in [7, 11) is 0. The van der Waals surface area contributed by atoms with Gasteiger partial charge in [-0.25, -0.2) is 9.97 Å². The van der Waals surface area contributed by atoms with Gasteiger partial charge in [0.05, 0.1) is 22.6 Å². The van der Waals surface area contributed by atoms with Crippen molar-refractivity contribution >= 4 is 44.7 Å². The Morgan fingerprint density at radius 2 is 1.11 bits per heavy atom. The van der Waals surface area contributed by atoms with Crippen LogP contribution in [0.15, 0.2) is 188 Å². The average Bonchev–Trinajstić information content (AvgIpc) is 3.78. The molecular formula is C47H33N5O.